The second-order valence-corrected chi connectivity index (χ2v) is 6.42. The molecule has 3 N–H and O–H groups in total. The standard InChI is InChI=1S/C15H14N2O6S/c18-9-6-17-13(20)11(14(17)24-12(9)15(21)22)16-10(19)7-23-8-4-2-1-3-5-8/h1-6,11-12,14,18H,7H2,(H,16,19)(H,21,22)/t11?,12?,14-/m1/s1. The van der Waals surface area contributed by atoms with Crippen molar-refractivity contribution >= 4 is 29.5 Å². The van der Waals surface area contributed by atoms with Gasteiger partial charge in [0, 0.05) is 6.20 Å². The summed E-state index contributed by atoms with van der Waals surface area (Å²) < 4.78 is 5.30. The number of carbonyl (C=O) groups excluding carboxylic acids is 2. The van der Waals surface area contributed by atoms with Crippen LogP contribution in [0.15, 0.2) is 42.3 Å². The molecular weight excluding hydrogens is 336 g/mol. The number of aliphatic carboxylic acids is 1. The van der Waals surface area contributed by atoms with E-state index < -0.39 is 40.2 Å². The van der Waals surface area contributed by atoms with Crippen molar-refractivity contribution in [3.05, 3.63) is 42.3 Å². The first-order valence-electron chi connectivity index (χ1n) is 7.05. The molecule has 1 aromatic rings. The zero-order chi connectivity index (χ0) is 17.3. The second kappa shape index (κ2) is 6.44. The third-order valence-electron chi connectivity index (χ3n) is 3.55. The summed E-state index contributed by atoms with van der Waals surface area (Å²) in [5.41, 5.74) is 0. The number of para-hydroxylation sites is 1. The Morgan fingerprint density at radius 3 is 2.67 bits per heavy atom. The van der Waals surface area contributed by atoms with E-state index in [1.165, 1.54) is 4.90 Å². The number of nitrogens with one attached hydrogen (secondary N) is 1. The Balaban J connectivity index is 1.57. The van der Waals surface area contributed by atoms with Gasteiger partial charge in [-0.15, -0.1) is 11.8 Å². The third kappa shape index (κ3) is 3.02. The molecule has 3 atom stereocenters. The second-order valence-electron chi connectivity index (χ2n) is 5.19. The van der Waals surface area contributed by atoms with Gasteiger partial charge in [-0.25, -0.2) is 0 Å². The van der Waals surface area contributed by atoms with Crippen LogP contribution in [0.3, 0.4) is 0 Å². The zero-order valence-corrected chi connectivity index (χ0v) is 13.1. The van der Waals surface area contributed by atoms with E-state index in [9.17, 15) is 19.5 Å². The number of aliphatic hydroxyl groups excluding tert-OH is 1. The summed E-state index contributed by atoms with van der Waals surface area (Å²) in [6.45, 7) is -0.255. The highest BCUT2D eigenvalue weighted by Crippen LogP contribution is 2.39. The van der Waals surface area contributed by atoms with E-state index in [4.69, 9.17) is 9.84 Å². The summed E-state index contributed by atoms with van der Waals surface area (Å²) >= 11 is 0.897. The van der Waals surface area contributed by atoms with Crippen molar-refractivity contribution in [1.82, 2.24) is 10.2 Å². The number of amides is 2. The van der Waals surface area contributed by atoms with Crippen LogP contribution in [-0.4, -0.2) is 56.2 Å². The smallest absolute Gasteiger partial charge is 0.324 e. The molecule has 2 aliphatic rings. The normalized spacial score (nSPS) is 25.2. The molecule has 1 fully saturated rings. The van der Waals surface area contributed by atoms with Crippen molar-refractivity contribution in [2.24, 2.45) is 0 Å². The number of fused-ring (bicyclic) bond motifs is 1. The number of benzene rings is 1. The molecular formula is C15H14N2O6S. The first-order chi connectivity index (χ1) is 11.5. The molecule has 1 saturated heterocycles. The van der Waals surface area contributed by atoms with Gasteiger partial charge in [0.1, 0.15) is 22.9 Å². The molecule has 126 valence electrons. The summed E-state index contributed by atoms with van der Waals surface area (Å²) in [6.07, 6.45) is 1.10. The summed E-state index contributed by atoms with van der Waals surface area (Å²) in [5.74, 6) is -1.96. The van der Waals surface area contributed by atoms with E-state index in [1.807, 2.05) is 6.07 Å². The van der Waals surface area contributed by atoms with Crippen LogP contribution < -0.4 is 10.1 Å². The first-order valence-corrected chi connectivity index (χ1v) is 8.00. The van der Waals surface area contributed by atoms with E-state index in [1.54, 1.807) is 24.3 Å². The number of hydrogen-bond acceptors (Lipinski definition) is 6. The van der Waals surface area contributed by atoms with Crippen molar-refractivity contribution in [2.45, 2.75) is 16.7 Å². The Morgan fingerprint density at radius 1 is 1.29 bits per heavy atom. The lowest BCUT2D eigenvalue weighted by Crippen LogP contribution is -2.69. The van der Waals surface area contributed by atoms with Crippen LogP contribution in [0.1, 0.15) is 0 Å². The molecule has 2 heterocycles. The lowest BCUT2D eigenvalue weighted by molar-refractivity contribution is -0.146. The van der Waals surface area contributed by atoms with Crippen LogP contribution >= 0.6 is 11.8 Å². The van der Waals surface area contributed by atoms with Gasteiger partial charge in [0.05, 0.1) is 0 Å². The maximum Gasteiger partial charge on any atom is 0.324 e. The van der Waals surface area contributed by atoms with Crippen molar-refractivity contribution in [1.29, 1.82) is 0 Å². The molecule has 2 aliphatic heterocycles. The number of nitrogens with zero attached hydrogens (tertiary/aromatic N) is 1. The van der Waals surface area contributed by atoms with Crippen LogP contribution in [0, 0.1) is 0 Å². The van der Waals surface area contributed by atoms with E-state index in [-0.39, 0.29) is 6.61 Å². The molecule has 0 bridgehead atoms. The number of rotatable bonds is 5. The molecule has 24 heavy (non-hydrogen) atoms. The lowest BCUT2D eigenvalue weighted by atomic mass is 10.1. The molecule has 0 aliphatic carbocycles. The van der Waals surface area contributed by atoms with Crippen LogP contribution in [0.25, 0.3) is 0 Å². The molecule has 0 radical (unpaired) electrons. The van der Waals surface area contributed by atoms with Gasteiger partial charge in [0.2, 0.25) is 0 Å². The molecule has 0 spiro atoms. The van der Waals surface area contributed by atoms with E-state index in [0.29, 0.717) is 5.75 Å². The maximum absolute atomic E-state index is 12.0. The average molecular weight is 350 g/mol. The van der Waals surface area contributed by atoms with Crippen LogP contribution in [0.4, 0.5) is 0 Å². The predicted octanol–water partition coefficient (Wildman–Crippen LogP) is 0.318. The summed E-state index contributed by atoms with van der Waals surface area (Å²) in [6, 6.07) is 7.91. The molecule has 1 aromatic carbocycles. The van der Waals surface area contributed by atoms with Gasteiger partial charge in [-0.2, -0.15) is 0 Å². The van der Waals surface area contributed by atoms with E-state index in [2.05, 4.69) is 5.32 Å². The highest BCUT2D eigenvalue weighted by Gasteiger charge is 2.52. The lowest BCUT2D eigenvalue weighted by Gasteiger charge is -2.47. The molecule has 0 saturated carbocycles. The number of ether oxygens (including phenoxy) is 1. The number of carbonyl (C=O) groups is 3. The minimum Gasteiger partial charge on any atom is -0.509 e. The van der Waals surface area contributed by atoms with Gasteiger partial charge < -0.3 is 20.3 Å². The molecule has 9 heteroatoms. The first kappa shape index (κ1) is 16.2. The number of hydrogen-bond donors (Lipinski definition) is 3. The topological polar surface area (TPSA) is 116 Å². The van der Waals surface area contributed by atoms with Crippen molar-refractivity contribution in [3.63, 3.8) is 0 Å². The molecule has 2 unspecified atom stereocenters. The van der Waals surface area contributed by atoms with Crippen molar-refractivity contribution in [2.75, 3.05) is 6.61 Å². The van der Waals surface area contributed by atoms with Gasteiger partial charge >= 0.3 is 5.97 Å². The fourth-order valence-corrected chi connectivity index (χ4v) is 3.62. The Labute approximate surface area is 141 Å². The molecule has 3 rings (SSSR count). The van der Waals surface area contributed by atoms with Gasteiger partial charge in [-0.3, -0.25) is 19.3 Å². The van der Waals surface area contributed by atoms with E-state index >= 15 is 0 Å². The van der Waals surface area contributed by atoms with Crippen LogP contribution in [0.2, 0.25) is 0 Å². The van der Waals surface area contributed by atoms with Gasteiger partial charge in [0.15, 0.2) is 11.9 Å². The molecule has 8 nitrogen and oxygen atoms in total. The molecule has 2 amide bonds. The monoisotopic (exact) mass is 350 g/mol. The van der Waals surface area contributed by atoms with Gasteiger partial charge in [-0.05, 0) is 12.1 Å². The number of aliphatic hydroxyl groups is 1. The number of thioether (sulfide) groups is 1. The SMILES string of the molecule is O=C(COc1ccccc1)NC1C(=O)N2C=C(O)C(C(=O)O)S[C@H]12. The minimum absolute atomic E-state index is 0.255. The number of carboxylic acid groups (broad SMARTS) is 1. The molecule has 0 aromatic heterocycles. The third-order valence-corrected chi connectivity index (χ3v) is 5.04. The number of β-lactam (4-membered cyclic amide) rings is 1. The average Bonchev–Trinajstić information content (AvgIpc) is 2.58. The minimum atomic E-state index is -1.20. The van der Waals surface area contributed by atoms with Crippen LogP contribution in [0.5, 0.6) is 5.75 Å². The van der Waals surface area contributed by atoms with Crippen LogP contribution in [-0.2, 0) is 14.4 Å². The summed E-state index contributed by atoms with van der Waals surface area (Å²) in [5, 5.41) is 19.5. The Hall–Kier alpha value is -2.68. The fraction of sp³-hybridized carbons (Fsp3) is 0.267. The summed E-state index contributed by atoms with van der Waals surface area (Å²) in [4.78, 5) is 36.2. The van der Waals surface area contributed by atoms with Gasteiger partial charge in [0.25, 0.3) is 11.8 Å². The fourth-order valence-electron chi connectivity index (χ4n) is 2.39. The highest BCUT2D eigenvalue weighted by molar-refractivity contribution is 8.01. The predicted molar refractivity (Wildman–Crippen MR) is 84.2 cm³/mol. The quantitative estimate of drug-likeness (QED) is 0.655. The summed E-state index contributed by atoms with van der Waals surface area (Å²) in [7, 11) is 0. The van der Waals surface area contributed by atoms with E-state index in [0.717, 1.165) is 18.0 Å². The Kier molecular flexibility index (Phi) is 4.34. The van der Waals surface area contributed by atoms with Gasteiger partial charge in [-0.1, -0.05) is 18.2 Å². The largest absolute Gasteiger partial charge is 0.509 e. The Morgan fingerprint density at radius 2 is 2.00 bits per heavy atom. The number of carboxylic acids is 1. The Bertz CT molecular complexity index is 707. The maximum atomic E-state index is 12.0. The highest BCUT2D eigenvalue weighted by atomic mass is 32.2. The van der Waals surface area contributed by atoms with Crippen molar-refractivity contribution in [3.8, 4) is 5.75 Å². The zero-order valence-electron chi connectivity index (χ0n) is 12.3. The van der Waals surface area contributed by atoms with Crippen molar-refractivity contribution < 1.29 is 29.3 Å².